The van der Waals surface area contributed by atoms with Gasteiger partial charge in [0.15, 0.2) is 0 Å². The quantitative estimate of drug-likeness (QED) is 0.648. The molecule has 0 bridgehead atoms. The lowest BCUT2D eigenvalue weighted by molar-refractivity contribution is -0.137. The van der Waals surface area contributed by atoms with Gasteiger partial charge in [-0.25, -0.2) is 0 Å². The van der Waals surface area contributed by atoms with Crippen molar-refractivity contribution >= 4 is 28.8 Å². The lowest BCUT2D eigenvalue weighted by Crippen LogP contribution is -2.32. The number of carbonyl (C=O) groups is 2. The Morgan fingerprint density at radius 1 is 1.16 bits per heavy atom. The van der Waals surface area contributed by atoms with Gasteiger partial charge in [0.05, 0.1) is 5.56 Å². The van der Waals surface area contributed by atoms with Gasteiger partial charge in [-0.1, -0.05) is 12.1 Å². The molecular formula is C24H23F3N2O3. The highest BCUT2D eigenvalue weighted by molar-refractivity contribution is 6.05. The fourth-order valence-electron chi connectivity index (χ4n) is 4.11. The number of benzene rings is 2. The molecule has 0 saturated carbocycles. The van der Waals surface area contributed by atoms with Crippen molar-refractivity contribution in [1.29, 1.82) is 0 Å². The summed E-state index contributed by atoms with van der Waals surface area (Å²) in [5.74, 6) is -0.292. The summed E-state index contributed by atoms with van der Waals surface area (Å²) in [6.45, 7) is 3.52. The molecule has 0 fully saturated rings. The Morgan fingerprint density at radius 3 is 2.62 bits per heavy atom. The van der Waals surface area contributed by atoms with Crippen LogP contribution in [0.4, 0.5) is 24.5 Å². The minimum Gasteiger partial charge on any atom is -0.487 e. The zero-order valence-corrected chi connectivity index (χ0v) is 18.0. The number of alkyl halides is 3. The molecule has 1 N–H and O–H groups in total. The van der Waals surface area contributed by atoms with Crippen LogP contribution in [0.1, 0.15) is 43.4 Å². The molecule has 2 aromatic rings. The van der Waals surface area contributed by atoms with E-state index in [4.69, 9.17) is 4.74 Å². The number of aryl methyl sites for hydroxylation is 1. The molecule has 5 nitrogen and oxygen atoms in total. The van der Waals surface area contributed by atoms with Crippen molar-refractivity contribution in [2.45, 2.75) is 44.9 Å². The van der Waals surface area contributed by atoms with Crippen LogP contribution in [0.3, 0.4) is 0 Å². The molecule has 2 aliphatic rings. The summed E-state index contributed by atoms with van der Waals surface area (Å²) in [5, 5.41) is 2.79. The number of rotatable bonds is 2. The van der Waals surface area contributed by atoms with Crippen molar-refractivity contribution in [2.75, 3.05) is 17.3 Å². The van der Waals surface area contributed by atoms with Crippen LogP contribution in [-0.2, 0) is 22.2 Å². The van der Waals surface area contributed by atoms with Gasteiger partial charge in [-0.05, 0) is 55.7 Å². The molecule has 0 unspecified atom stereocenters. The van der Waals surface area contributed by atoms with Crippen molar-refractivity contribution in [3.05, 3.63) is 59.2 Å². The minimum atomic E-state index is -4.48. The standard InChI is InChI=1S/C24H23F3N2O3/c1-23(2)13-15(18-8-6-16(24(25,26)27)11-20(18)32-23)10-21(30)28-17-7-4-14-5-9-22(31)29(3)19(14)12-17/h4,6-8,10-12H,5,9,13H2,1-3H3,(H,28,30)/b15-10+. The first-order valence-electron chi connectivity index (χ1n) is 10.2. The Labute approximate surface area is 183 Å². The number of hydrogen-bond donors (Lipinski definition) is 1. The van der Waals surface area contributed by atoms with Crippen molar-refractivity contribution in [1.82, 2.24) is 0 Å². The van der Waals surface area contributed by atoms with Crippen molar-refractivity contribution in [3.8, 4) is 5.75 Å². The lowest BCUT2D eigenvalue weighted by Gasteiger charge is -2.34. The zero-order chi connectivity index (χ0) is 23.3. The maximum Gasteiger partial charge on any atom is 0.416 e. The lowest BCUT2D eigenvalue weighted by atomic mass is 9.88. The topological polar surface area (TPSA) is 58.6 Å². The monoisotopic (exact) mass is 444 g/mol. The molecule has 2 heterocycles. The number of halogens is 3. The van der Waals surface area contributed by atoms with E-state index in [1.54, 1.807) is 37.9 Å². The molecular weight excluding hydrogens is 421 g/mol. The van der Waals surface area contributed by atoms with Crippen LogP contribution in [-0.4, -0.2) is 24.5 Å². The number of carbonyl (C=O) groups excluding carboxylic acids is 2. The van der Waals surface area contributed by atoms with E-state index in [-0.39, 0.29) is 11.7 Å². The Bertz CT molecular complexity index is 1140. The summed E-state index contributed by atoms with van der Waals surface area (Å²) < 4.78 is 45.1. The van der Waals surface area contributed by atoms with E-state index >= 15 is 0 Å². The fraction of sp³-hybridized carbons (Fsp3) is 0.333. The molecule has 2 amide bonds. The summed E-state index contributed by atoms with van der Waals surface area (Å²) in [5.41, 5.74) is 1.80. The molecule has 8 heteroatoms. The minimum absolute atomic E-state index is 0.0161. The first-order chi connectivity index (χ1) is 14.9. The molecule has 168 valence electrons. The highest BCUT2D eigenvalue weighted by Crippen LogP contribution is 2.43. The smallest absolute Gasteiger partial charge is 0.416 e. The fourth-order valence-corrected chi connectivity index (χ4v) is 4.11. The predicted molar refractivity (Wildman–Crippen MR) is 116 cm³/mol. The Kier molecular flexibility index (Phi) is 5.27. The number of anilines is 2. The maximum absolute atomic E-state index is 13.1. The third-order valence-corrected chi connectivity index (χ3v) is 5.66. The molecule has 0 atom stereocenters. The number of hydrogen-bond acceptors (Lipinski definition) is 3. The average Bonchev–Trinajstić information content (AvgIpc) is 2.69. The highest BCUT2D eigenvalue weighted by Gasteiger charge is 2.35. The number of amides is 2. The van der Waals surface area contributed by atoms with Crippen LogP contribution < -0.4 is 15.0 Å². The predicted octanol–water partition coefficient (Wildman–Crippen LogP) is 5.20. The number of ether oxygens (including phenoxy) is 1. The zero-order valence-electron chi connectivity index (χ0n) is 18.0. The summed E-state index contributed by atoms with van der Waals surface area (Å²) in [4.78, 5) is 26.3. The molecule has 2 aliphatic heterocycles. The maximum atomic E-state index is 13.1. The van der Waals surface area contributed by atoms with Gasteiger partial charge in [0.25, 0.3) is 0 Å². The molecule has 0 aromatic heterocycles. The van der Waals surface area contributed by atoms with E-state index < -0.39 is 23.2 Å². The van der Waals surface area contributed by atoms with E-state index in [1.165, 1.54) is 12.1 Å². The van der Waals surface area contributed by atoms with Gasteiger partial charge in [0.1, 0.15) is 11.4 Å². The molecule has 0 radical (unpaired) electrons. The summed E-state index contributed by atoms with van der Waals surface area (Å²) in [6, 6.07) is 8.70. The third-order valence-electron chi connectivity index (χ3n) is 5.66. The van der Waals surface area contributed by atoms with E-state index in [9.17, 15) is 22.8 Å². The van der Waals surface area contributed by atoms with Gasteiger partial charge >= 0.3 is 6.18 Å². The molecule has 0 spiro atoms. The Morgan fingerprint density at radius 2 is 1.91 bits per heavy atom. The van der Waals surface area contributed by atoms with Crippen molar-refractivity contribution in [2.24, 2.45) is 0 Å². The summed E-state index contributed by atoms with van der Waals surface area (Å²) in [7, 11) is 1.70. The van der Waals surface area contributed by atoms with Crippen LogP contribution in [0.15, 0.2) is 42.5 Å². The van der Waals surface area contributed by atoms with E-state index in [2.05, 4.69) is 5.32 Å². The first-order valence-corrected chi connectivity index (χ1v) is 10.2. The van der Waals surface area contributed by atoms with Crippen molar-refractivity contribution in [3.63, 3.8) is 0 Å². The second kappa shape index (κ2) is 7.69. The van der Waals surface area contributed by atoms with Crippen LogP contribution in [0.5, 0.6) is 5.75 Å². The number of nitrogens with one attached hydrogen (secondary N) is 1. The molecule has 4 rings (SSSR count). The SMILES string of the molecule is CN1C(=O)CCc2ccc(NC(=O)/C=C3\CC(C)(C)Oc4cc(C(F)(F)F)ccc43)cc21. The largest absolute Gasteiger partial charge is 0.487 e. The van der Waals surface area contributed by atoms with Crippen molar-refractivity contribution < 1.29 is 27.5 Å². The summed E-state index contributed by atoms with van der Waals surface area (Å²) >= 11 is 0. The average molecular weight is 444 g/mol. The molecule has 0 aliphatic carbocycles. The van der Waals surface area contributed by atoms with Gasteiger partial charge in [0.2, 0.25) is 11.8 Å². The van der Waals surface area contributed by atoms with Gasteiger partial charge in [0, 0.05) is 42.9 Å². The normalized spacial score (nSPS) is 18.6. The first kappa shape index (κ1) is 21.9. The second-order valence-corrected chi connectivity index (χ2v) is 8.70. The Hall–Kier alpha value is -3.29. The Balaban J connectivity index is 1.62. The van der Waals surface area contributed by atoms with E-state index in [0.29, 0.717) is 36.1 Å². The van der Waals surface area contributed by atoms with Gasteiger partial charge in [-0.3, -0.25) is 9.59 Å². The molecule has 0 saturated heterocycles. The van der Waals surface area contributed by atoms with Gasteiger partial charge in [-0.15, -0.1) is 0 Å². The number of nitrogens with zero attached hydrogens (tertiary/aromatic N) is 1. The van der Waals surface area contributed by atoms with Crippen LogP contribution in [0, 0.1) is 0 Å². The van der Waals surface area contributed by atoms with Crippen LogP contribution in [0.2, 0.25) is 0 Å². The third kappa shape index (κ3) is 4.35. The summed E-state index contributed by atoms with van der Waals surface area (Å²) in [6.07, 6.45) is -1.62. The van der Waals surface area contributed by atoms with Crippen LogP contribution >= 0.6 is 0 Å². The van der Waals surface area contributed by atoms with Crippen LogP contribution in [0.25, 0.3) is 5.57 Å². The van der Waals surface area contributed by atoms with E-state index in [1.807, 2.05) is 6.07 Å². The highest BCUT2D eigenvalue weighted by atomic mass is 19.4. The second-order valence-electron chi connectivity index (χ2n) is 8.70. The van der Waals surface area contributed by atoms with Gasteiger partial charge in [-0.2, -0.15) is 13.2 Å². The molecule has 2 aromatic carbocycles. The number of fused-ring (bicyclic) bond motifs is 2. The van der Waals surface area contributed by atoms with Gasteiger partial charge < -0.3 is 15.0 Å². The van der Waals surface area contributed by atoms with E-state index in [0.717, 1.165) is 23.4 Å². The molecule has 32 heavy (non-hydrogen) atoms.